The molecule has 0 amide bonds. The number of rotatable bonds is 7. The molecular weight excluding hydrogens is 254 g/mol. The largest absolute Gasteiger partial charge is 0.317 e. The summed E-state index contributed by atoms with van der Waals surface area (Å²) in [7, 11) is 0. The minimum atomic E-state index is 0.695. The third kappa shape index (κ3) is 4.84. The Morgan fingerprint density at radius 3 is 2.68 bits per heavy atom. The number of nitrogens with one attached hydrogen (secondary N) is 1. The van der Waals surface area contributed by atoms with Crippen LogP contribution in [0.2, 0.25) is 0 Å². The van der Waals surface area contributed by atoms with Gasteiger partial charge in [0.15, 0.2) is 0 Å². The Balaban J connectivity index is 1.72. The normalized spacial score (nSPS) is 23.7. The van der Waals surface area contributed by atoms with Gasteiger partial charge in [0.25, 0.3) is 0 Å². The molecule has 4 heteroatoms. The molecule has 1 aromatic rings. The molecule has 1 N–H and O–H groups in total. The van der Waals surface area contributed by atoms with Crippen molar-refractivity contribution in [3.05, 3.63) is 10.0 Å². The van der Waals surface area contributed by atoms with E-state index in [2.05, 4.69) is 29.4 Å². The van der Waals surface area contributed by atoms with Crippen molar-refractivity contribution in [3.8, 4) is 0 Å². The van der Waals surface area contributed by atoms with Crippen molar-refractivity contribution in [3.63, 3.8) is 0 Å². The van der Waals surface area contributed by atoms with E-state index in [1.807, 2.05) is 11.3 Å². The fourth-order valence-electron chi connectivity index (χ4n) is 2.71. The maximum Gasteiger partial charge on any atom is 0.120 e. The highest BCUT2D eigenvalue weighted by Crippen LogP contribution is 2.36. The Morgan fingerprint density at radius 1 is 1.16 bits per heavy atom. The Bertz CT molecular complexity index is 356. The lowest BCUT2D eigenvalue weighted by molar-refractivity contribution is 0.346. The van der Waals surface area contributed by atoms with Crippen LogP contribution in [-0.4, -0.2) is 23.3 Å². The van der Waals surface area contributed by atoms with E-state index in [9.17, 15) is 0 Å². The monoisotopic (exact) mass is 281 g/mol. The standard InChI is InChI=1S/C15H27N3S/c1-3-10-16-11-4-5-14-17-18-15(19-14)13-8-6-12(2)7-9-13/h12-13,16H,3-11H2,1-2H3. The van der Waals surface area contributed by atoms with Gasteiger partial charge >= 0.3 is 0 Å². The molecule has 19 heavy (non-hydrogen) atoms. The van der Waals surface area contributed by atoms with Gasteiger partial charge in [-0.15, -0.1) is 21.5 Å². The van der Waals surface area contributed by atoms with Gasteiger partial charge in [-0.05, 0) is 44.7 Å². The predicted molar refractivity (Wildman–Crippen MR) is 81.8 cm³/mol. The molecule has 108 valence electrons. The first-order chi connectivity index (χ1) is 9.29. The molecule has 0 aromatic carbocycles. The van der Waals surface area contributed by atoms with Crippen LogP contribution in [0, 0.1) is 5.92 Å². The fourth-order valence-corrected chi connectivity index (χ4v) is 3.76. The zero-order chi connectivity index (χ0) is 13.5. The van der Waals surface area contributed by atoms with Gasteiger partial charge in [-0.25, -0.2) is 0 Å². The molecule has 0 aliphatic heterocycles. The first kappa shape index (κ1) is 14.9. The van der Waals surface area contributed by atoms with Crippen LogP contribution in [0.25, 0.3) is 0 Å². The highest BCUT2D eigenvalue weighted by Gasteiger charge is 2.22. The van der Waals surface area contributed by atoms with Crippen LogP contribution in [0.5, 0.6) is 0 Å². The molecule has 0 bridgehead atoms. The summed E-state index contributed by atoms with van der Waals surface area (Å²) in [5.41, 5.74) is 0. The lowest BCUT2D eigenvalue weighted by Gasteiger charge is -2.23. The average Bonchev–Trinajstić information content (AvgIpc) is 2.88. The third-order valence-corrected chi connectivity index (χ3v) is 5.16. The quantitative estimate of drug-likeness (QED) is 0.773. The molecule has 1 saturated carbocycles. The zero-order valence-electron chi connectivity index (χ0n) is 12.3. The highest BCUT2D eigenvalue weighted by atomic mass is 32.1. The first-order valence-electron chi connectivity index (χ1n) is 7.82. The Kier molecular flexibility index (Phi) is 6.24. The lowest BCUT2D eigenvalue weighted by atomic mass is 9.83. The fraction of sp³-hybridized carbons (Fsp3) is 0.867. The number of aryl methyl sites for hydroxylation is 1. The second kappa shape index (κ2) is 7.95. The van der Waals surface area contributed by atoms with Crippen LogP contribution in [0.1, 0.15) is 68.3 Å². The van der Waals surface area contributed by atoms with Gasteiger partial charge in [-0.3, -0.25) is 0 Å². The summed E-state index contributed by atoms with van der Waals surface area (Å²) in [6, 6.07) is 0. The zero-order valence-corrected chi connectivity index (χ0v) is 13.1. The van der Waals surface area contributed by atoms with Crippen molar-refractivity contribution >= 4 is 11.3 Å². The third-order valence-electron chi connectivity index (χ3n) is 4.02. The van der Waals surface area contributed by atoms with Crippen molar-refractivity contribution in [2.45, 2.75) is 64.7 Å². The number of nitrogens with zero attached hydrogens (tertiary/aromatic N) is 2. The maximum atomic E-state index is 4.43. The van der Waals surface area contributed by atoms with E-state index in [-0.39, 0.29) is 0 Å². The Morgan fingerprint density at radius 2 is 1.95 bits per heavy atom. The molecule has 0 atom stereocenters. The number of aromatic nitrogens is 2. The van der Waals surface area contributed by atoms with E-state index in [0.717, 1.165) is 25.4 Å². The molecule has 1 aromatic heterocycles. The summed E-state index contributed by atoms with van der Waals surface area (Å²) in [6.45, 7) is 6.80. The maximum absolute atomic E-state index is 4.43. The predicted octanol–water partition coefficient (Wildman–Crippen LogP) is 3.76. The van der Waals surface area contributed by atoms with Gasteiger partial charge < -0.3 is 5.32 Å². The first-order valence-corrected chi connectivity index (χ1v) is 8.64. The smallest absolute Gasteiger partial charge is 0.120 e. The lowest BCUT2D eigenvalue weighted by Crippen LogP contribution is -2.16. The van der Waals surface area contributed by atoms with Crippen molar-refractivity contribution in [1.82, 2.24) is 15.5 Å². The van der Waals surface area contributed by atoms with Gasteiger partial charge in [-0.1, -0.05) is 26.7 Å². The summed E-state index contributed by atoms with van der Waals surface area (Å²) in [4.78, 5) is 0. The summed E-state index contributed by atoms with van der Waals surface area (Å²) >= 11 is 1.85. The van der Waals surface area contributed by atoms with E-state index in [1.54, 1.807) is 0 Å². The summed E-state index contributed by atoms with van der Waals surface area (Å²) in [5, 5.41) is 14.8. The van der Waals surface area contributed by atoms with Crippen molar-refractivity contribution in [1.29, 1.82) is 0 Å². The van der Waals surface area contributed by atoms with Gasteiger partial charge in [0.2, 0.25) is 0 Å². The van der Waals surface area contributed by atoms with Crippen LogP contribution in [-0.2, 0) is 6.42 Å². The van der Waals surface area contributed by atoms with Crippen molar-refractivity contribution < 1.29 is 0 Å². The molecule has 0 saturated heterocycles. The molecule has 1 aliphatic carbocycles. The summed E-state index contributed by atoms with van der Waals surface area (Å²) in [6.07, 6.45) is 8.82. The molecule has 0 spiro atoms. The number of hydrogen-bond donors (Lipinski definition) is 1. The SMILES string of the molecule is CCCNCCCc1nnc(C2CCC(C)CC2)s1. The molecule has 1 heterocycles. The van der Waals surface area contributed by atoms with Gasteiger partial charge in [0, 0.05) is 12.3 Å². The van der Waals surface area contributed by atoms with Crippen LogP contribution < -0.4 is 5.32 Å². The molecule has 0 unspecified atom stereocenters. The topological polar surface area (TPSA) is 37.8 Å². The Hall–Kier alpha value is -0.480. The van der Waals surface area contributed by atoms with Gasteiger partial charge in [0.05, 0.1) is 0 Å². The molecule has 1 aliphatic rings. The van der Waals surface area contributed by atoms with E-state index in [4.69, 9.17) is 0 Å². The van der Waals surface area contributed by atoms with Crippen LogP contribution in [0.4, 0.5) is 0 Å². The van der Waals surface area contributed by atoms with Crippen LogP contribution in [0.3, 0.4) is 0 Å². The van der Waals surface area contributed by atoms with Crippen molar-refractivity contribution in [2.24, 2.45) is 5.92 Å². The van der Waals surface area contributed by atoms with Gasteiger partial charge in [-0.2, -0.15) is 0 Å². The summed E-state index contributed by atoms with van der Waals surface area (Å²) < 4.78 is 0. The molecule has 0 radical (unpaired) electrons. The minimum Gasteiger partial charge on any atom is -0.317 e. The van der Waals surface area contributed by atoms with Crippen molar-refractivity contribution in [2.75, 3.05) is 13.1 Å². The summed E-state index contributed by atoms with van der Waals surface area (Å²) in [5.74, 6) is 1.61. The number of hydrogen-bond acceptors (Lipinski definition) is 4. The molecule has 3 nitrogen and oxygen atoms in total. The second-order valence-corrected chi connectivity index (χ2v) is 6.94. The Labute approximate surface area is 121 Å². The average molecular weight is 281 g/mol. The molecule has 2 rings (SSSR count). The van der Waals surface area contributed by atoms with E-state index in [1.165, 1.54) is 48.5 Å². The van der Waals surface area contributed by atoms with Crippen LogP contribution in [0.15, 0.2) is 0 Å². The molecular formula is C15H27N3S. The van der Waals surface area contributed by atoms with E-state index < -0.39 is 0 Å². The van der Waals surface area contributed by atoms with E-state index in [0.29, 0.717) is 5.92 Å². The van der Waals surface area contributed by atoms with Gasteiger partial charge in [0.1, 0.15) is 10.0 Å². The minimum absolute atomic E-state index is 0.695. The van der Waals surface area contributed by atoms with Crippen LogP contribution >= 0.6 is 11.3 Å². The second-order valence-electron chi connectivity index (χ2n) is 5.84. The molecule has 1 fully saturated rings. The van der Waals surface area contributed by atoms with E-state index >= 15 is 0 Å². The highest BCUT2D eigenvalue weighted by molar-refractivity contribution is 7.11.